The predicted octanol–water partition coefficient (Wildman–Crippen LogP) is 3.08. The zero-order valence-electron chi connectivity index (χ0n) is 16.1. The standard InChI is InChI=1S/C21H28F2N2O3/c22-17-7-6-16(18(23)13-17)5-4-15-8-11-24(12-9-15)19-3-1-2-10-25(21(19)28)14-20(26)27/h6-7,13,15,19H,1-5,8-12,14H2,(H,26,27)/t19-/m0/s1. The number of aliphatic carboxylic acids is 1. The molecule has 2 aliphatic rings. The molecule has 0 aliphatic carbocycles. The molecule has 3 rings (SSSR count). The SMILES string of the molecule is O=C(O)CN1CCCC[C@H](N2CCC(CCc3ccc(F)cc3F)CC2)C1=O. The van der Waals surface area contributed by atoms with Gasteiger partial charge in [-0.1, -0.05) is 6.07 Å². The van der Waals surface area contributed by atoms with Crippen LogP contribution in [0, 0.1) is 17.6 Å². The number of aryl methyl sites for hydroxylation is 1. The Balaban J connectivity index is 1.51. The fraction of sp³-hybridized carbons (Fsp3) is 0.619. The Morgan fingerprint density at radius 3 is 2.54 bits per heavy atom. The molecule has 2 fully saturated rings. The highest BCUT2D eigenvalue weighted by Gasteiger charge is 2.34. The molecule has 2 saturated heterocycles. The largest absolute Gasteiger partial charge is 0.480 e. The van der Waals surface area contributed by atoms with Gasteiger partial charge in [0.15, 0.2) is 0 Å². The lowest BCUT2D eigenvalue weighted by Crippen LogP contribution is -2.51. The van der Waals surface area contributed by atoms with Gasteiger partial charge in [-0.3, -0.25) is 14.5 Å². The van der Waals surface area contributed by atoms with Crippen molar-refractivity contribution >= 4 is 11.9 Å². The molecule has 2 aliphatic heterocycles. The number of amides is 1. The van der Waals surface area contributed by atoms with Gasteiger partial charge in [0.2, 0.25) is 5.91 Å². The van der Waals surface area contributed by atoms with Gasteiger partial charge in [0.05, 0.1) is 6.04 Å². The number of nitrogens with zero attached hydrogens (tertiary/aromatic N) is 2. The summed E-state index contributed by atoms with van der Waals surface area (Å²) in [4.78, 5) is 27.5. The highest BCUT2D eigenvalue weighted by molar-refractivity contribution is 5.85. The number of rotatable bonds is 6. The number of halogens is 2. The quantitative estimate of drug-likeness (QED) is 0.806. The molecule has 0 spiro atoms. The maximum Gasteiger partial charge on any atom is 0.323 e. The van der Waals surface area contributed by atoms with Gasteiger partial charge >= 0.3 is 5.97 Å². The minimum absolute atomic E-state index is 0.0632. The van der Waals surface area contributed by atoms with Crippen LogP contribution in [-0.4, -0.2) is 59.0 Å². The molecule has 154 valence electrons. The Kier molecular flexibility index (Phi) is 6.99. The maximum absolute atomic E-state index is 13.8. The van der Waals surface area contributed by atoms with E-state index in [4.69, 9.17) is 5.11 Å². The summed E-state index contributed by atoms with van der Waals surface area (Å²) in [5, 5.41) is 9.04. The Bertz CT molecular complexity index is 705. The molecule has 0 saturated carbocycles. The van der Waals surface area contributed by atoms with E-state index in [-0.39, 0.29) is 18.5 Å². The summed E-state index contributed by atoms with van der Waals surface area (Å²) in [6, 6.07) is 3.51. The molecule has 0 unspecified atom stereocenters. The molecular formula is C21H28F2N2O3. The number of carboxylic acid groups (broad SMARTS) is 1. The number of likely N-dealkylation sites (tertiary alicyclic amines) is 2. The van der Waals surface area contributed by atoms with E-state index in [1.54, 1.807) is 0 Å². The summed E-state index contributed by atoms with van der Waals surface area (Å²) >= 11 is 0. The number of carboxylic acids is 1. The van der Waals surface area contributed by atoms with Crippen molar-refractivity contribution in [3.05, 3.63) is 35.4 Å². The molecule has 1 aromatic carbocycles. The fourth-order valence-corrected chi connectivity index (χ4v) is 4.38. The molecule has 0 radical (unpaired) electrons. The molecule has 1 amide bonds. The van der Waals surface area contributed by atoms with E-state index >= 15 is 0 Å². The number of carbonyl (C=O) groups excluding carboxylic acids is 1. The molecule has 1 aromatic rings. The lowest BCUT2D eigenvalue weighted by Gasteiger charge is -2.37. The highest BCUT2D eigenvalue weighted by Crippen LogP contribution is 2.27. The van der Waals surface area contributed by atoms with Crippen molar-refractivity contribution in [2.45, 2.75) is 51.0 Å². The number of piperidine rings is 1. The highest BCUT2D eigenvalue weighted by atomic mass is 19.1. The van der Waals surface area contributed by atoms with E-state index in [9.17, 15) is 18.4 Å². The maximum atomic E-state index is 13.8. The first kappa shape index (κ1) is 20.7. The van der Waals surface area contributed by atoms with Crippen LogP contribution < -0.4 is 0 Å². The zero-order chi connectivity index (χ0) is 20.1. The molecule has 0 bridgehead atoms. The second kappa shape index (κ2) is 9.45. The van der Waals surface area contributed by atoms with Gasteiger partial charge in [-0.15, -0.1) is 0 Å². The third kappa shape index (κ3) is 5.28. The van der Waals surface area contributed by atoms with Crippen molar-refractivity contribution in [2.75, 3.05) is 26.2 Å². The van der Waals surface area contributed by atoms with E-state index in [0.29, 0.717) is 24.4 Å². The van der Waals surface area contributed by atoms with Crippen LogP contribution in [0.3, 0.4) is 0 Å². The van der Waals surface area contributed by atoms with Gasteiger partial charge in [-0.25, -0.2) is 8.78 Å². The van der Waals surface area contributed by atoms with Gasteiger partial charge in [0, 0.05) is 12.6 Å². The third-order valence-corrected chi connectivity index (χ3v) is 6.01. The van der Waals surface area contributed by atoms with E-state index in [0.717, 1.165) is 57.7 Å². The molecule has 0 aromatic heterocycles. The number of carbonyl (C=O) groups is 2. The summed E-state index contributed by atoms with van der Waals surface area (Å²) in [5.74, 6) is -1.62. The zero-order valence-corrected chi connectivity index (χ0v) is 16.1. The lowest BCUT2D eigenvalue weighted by atomic mass is 9.89. The second-order valence-corrected chi connectivity index (χ2v) is 7.92. The average Bonchev–Trinajstić information content (AvgIpc) is 2.83. The topological polar surface area (TPSA) is 60.9 Å². The summed E-state index contributed by atoms with van der Waals surface area (Å²) in [7, 11) is 0. The first-order valence-electron chi connectivity index (χ1n) is 10.1. The minimum atomic E-state index is -0.972. The van der Waals surface area contributed by atoms with Gasteiger partial charge in [-0.05, 0) is 75.6 Å². The van der Waals surface area contributed by atoms with Gasteiger partial charge in [-0.2, -0.15) is 0 Å². The molecule has 1 N–H and O–H groups in total. The van der Waals surface area contributed by atoms with Crippen molar-refractivity contribution in [3.8, 4) is 0 Å². The third-order valence-electron chi connectivity index (χ3n) is 6.01. The van der Waals surface area contributed by atoms with E-state index in [2.05, 4.69) is 4.90 Å². The van der Waals surface area contributed by atoms with Gasteiger partial charge in [0.25, 0.3) is 0 Å². The minimum Gasteiger partial charge on any atom is -0.480 e. The summed E-state index contributed by atoms with van der Waals surface area (Å²) in [5.41, 5.74) is 0.548. The fourth-order valence-electron chi connectivity index (χ4n) is 4.38. The Morgan fingerprint density at radius 2 is 1.86 bits per heavy atom. The predicted molar refractivity (Wildman–Crippen MR) is 101 cm³/mol. The van der Waals surface area contributed by atoms with Crippen LogP contribution in [-0.2, 0) is 16.0 Å². The molecule has 2 heterocycles. The van der Waals surface area contributed by atoms with Crippen LogP contribution in [0.4, 0.5) is 8.78 Å². The van der Waals surface area contributed by atoms with Crippen molar-refractivity contribution in [2.24, 2.45) is 5.92 Å². The Labute approximate surface area is 164 Å². The number of benzene rings is 1. The van der Waals surface area contributed by atoms with Crippen LogP contribution in [0.15, 0.2) is 18.2 Å². The van der Waals surface area contributed by atoms with Crippen LogP contribution in [0.1, 0.15) is 44.1 Å². The van der Waals surface area contributed by atoms with Crippen molar-refractivity contribution in [3.63, 3.8) is 0 Å². The molecular weight excluding hydrogens is 366 g/mol. The Hall–Kier alpha value is -2.02. The van der Waals surface area contributed by atoms with Crippen LogP contribution in [0.25, 0.3) is 0 Å². The monoisotopic (exact) mass is 394 g/mol. The van der Waals surface area contributed by atoms with Crippen molar-refractivity contribution in [1.29, 1.82) is 0 Å². The van der Waals surface area contributed by atoms with E-state index < -0.39 is 17.6 Å². The average molecular weight is 394 g/mol. The molecule has 28 heavy (non-hydrogen) atoms. The van der Waals surface area contributed by atoms with Gasteiger partial charge < -0.3 is 10.0 Å². The van der Waals surface area contributed by atoms with Crippen LogP contribution in [0.2, 0.25) is 0 Å². The molecule has 5 nitrogen and oxygen atoms in total. The first-order valence-corrected chi connectivity index (χ1v) is 10.1. The van der Waals surface area contributed by atoms with Crippen molar-refractivity contribution < 1.29 is 23.5 Å². The lowest BCUT2D eigenvalue weighted by molar-refractivity contribution is -0.146. The molecule has 7 heteroatoms. The van der Waals surface area contributed by atoms with Crippen LogP contribution in [0.5, 0.6) is 0 Å². The van der Waals surface area contributed by atoms with E-state index in [1.165, 1.54) is 17.0 Å². The second-order valence-electron chi connectivity index (χ2n) is 7.92. The van der Waals surface area contributed by atoms with E-state index in [1.807, 2.05) is 0 Å². The van der Waals surface area contributed by atoms with Crippen LogP contribution >= 0.6 is 0 Å². The smallest absolute Gasteiger partial charge is 0.323 e. The normalized spacial score (nSPS) is 22.3. The summed E-state index contributed by atoms with van der Waals surface area (Å²) < 4.78 is 26.8. The number of hydrogen-bond acceptors (Lipinski definition) is 3. The molecule has 1 atom stereocenters. The summed E-state index contributed by atoms with van der Waals surface area (Å²) in [6.07, 6.45) is 5.86. The Morgan fingerprint density at radius 1 is 1.11 bits per heavy atom. The number of hydrogen-bond donors (Lipinski definition) is 1. The van der Waals surface area contributed by atoms with Crippen molar-refractivity contribution in [1.82, 2.24) is 9.80 Å². The summed E-state index contributed by atoms with van der Waals surface area (Å²) in [6.45, 7) is 1.89. The first-order chi connectivity index (χ1) is 13.4. The van der Waals surface area contributed by atoms with Gasteiger partial charge in [0.1, 0.15) is 18.2 Å².